The van der Waals surface area contributed by atoms with E-state index < -0.39 is 54.0 Å². The lowest BCUT2D eigenvalue weighted by Crippen LogP contribution is -2.50. The summed E-state index contributed by atoms with van der Waals surface area (Å²) in [5.74, 6) is -6.55. The van der Waals surface area contributed by atoms with Gasteiger partial charge in [0.2, 0.25) is 0 Å². The van der Waals surface area contributed by atoms with E-state index in [2.05, 4.69) is 15.0 Å². The lowest BCUT2D eigenvalue weighted by molar-refractivity contribution is -0.0784. The summed E-state index contributed by atoms with van der Waals surface area (Å²) in [7, 11) is 2.45. The fourth-order valence-corrected chi connectivity index (χ4v) is 4.55. The summed E-state index contributed by atoms with van der Waals surface area (Å²) in [6.45, 7) is 1.05. The van der Waals surface area contributed by atoms with Crippen molar-refractivity contribution in [3.8, 4) is 11.3 Å². The molecule has 1 saturated heterocycles. The standard InChI is InChI=1S/C24H24F4N4O3/c1-13-4-5-32-18(7-14-10-24(27,28)12-31(11-14)23(34)35-3)21(30-19(32)6-13)20-16(25)8-15(9-17(20)26)22(33)29-2/h4-6,8-9,14H,7,10-12H2,1-3H3,(H,29,33)/t14-/m0/s1. The van der Waals surface area contributed by atoms with Gasteiger partial charge in [-0.1, -0.05) is 0 Å². The van der Waals surface area contributed by atoms with Gasteiger partial charge in [-0.3, -0.25) is 4.79 Å². The van der Waals surface area contributed by atoms with Crippen molar-refractivity contribution in [3.63, 3.8) is 0 Å². The van der Waals surface area contributed by atoms with Crippen LogP contribution in [0.1, 0.15) is 28.0 Å². The molecule has 35 heavy (non-hydrogen) atoms. The number of imidazole rings is 1. The number of benzene rings is 1. The van der Waals surface area contributed by atoms with Gasteiger partial charge in [-0.25, -0.2) is 27.3 Å². The van der Waals surface area contributed by atoms with Crippen LogP contribution in [0, 0.1) is 24.5 Å². The molecule has 186 valence electrons. The first kappa shape index (κ1) is 24.5. The molecule has 2 amide bonds. The number of nitrogens with one attached hydrogen (secondary N) is 1. The third kappa shape index (κ3) is 4.80. The molecule has 0 spiro atoms. The molecule has 0 aliphatic carbocycles. The van der Waals surface area contributed by atoms with Gasteiger partial charge in [0.25, 0.3) is 11.8 Å². The largest absolute Gasteiger partial charge is 0.453 e. The molecule has 7 nitrogen and oxygen atoms in total. The molecule has 1 aliphatic rings. The smallest absolute Gasteiger partial charge is 0.409 e. The molecule has 0 unspecified atom stereocenters. The molecule has 3 heterocycles. The Balaban J connectivity index is 1.82. The summed E-state index contributed by atoms with van der Waals surface area (Å²) in [4.78, 5) is 29.2. The quantitative estimate of drug-likeness (QED) is 0.554. The lowest BCUT2D eigenvalue weighted by Gasteiger charge is -2.36. The summed E-state index contributed by atoms with van der Waals surface area (Å²) in [6, 6.07) is 5.28. The van der Waals surface area contributed by atoms with Crippen LogP contribution in [-0.4, -0.2) is 59.5 Å². The highest BCUT2D eigenvalue weighted by Crippen LogP contribution is 2.36. The Morgan fingerprint density at radius 2 is 1.91 bits per heavy atom. The van der Waals surface area contributed by atoms with Gasteiger partial charge in [-0.15, -0.1) is 0 Å². The number of aryl methyl sites for hydroxylation is 1. The molecule has 2 aromatic heterocycles. The maximum atomic E-state index is 15.1. The van der Waals surface area contributed by atoms with E-state index in [4.69, 9.17) is 0 Å². The number of piperidine rings is 1. The monoisotopic (exact) mass is 492 g/mol. The lowest BCUT2D eigenvalue weighted by atomic mass is 9.90. The third-order valence-electron chi connectivity index (χ3n) is 6.05. The van der Waals surface area contributed by atoms with E-state index in [1.165, 1.54) is 7.05 Å². The Labute approximate surface area is 198 Å². The molecule has 1 N–H and O–H groups in total. The number of pyridine rings is 1. The van der Waals surface area contributed by atoms with E-state index >= 15 is 8.78 Å². The van der Waals surface area contributed by atoms with E-state index in [1.807, 2.05) is 6.92 Å². The molecule has 4 rings (SSSR count). The average molecular weight is 492 g/mol. The number of nitrogens with zero attached hydrogens (tertiary/aromatic N) is 3. The predicted molar refractivity (Wildman–Crippen MR) is 119 cm³/mol. The number of ether oxygens (including phenoxy) is 1. The molecule has 1 aliphatic heterocycles. The fraction of sp³-hybridized carbons (Fsp3) is 0.375. The summed E-state index contributed by atoms with van der Waals surface area (Å²) >= 11 is 0. The Morgan fingerprint density at radius 3 is 2.54 bits per heavy atom. The summed E-state index contributed by atoms with van der Waals surface area (Å²) < 4.78 is 65.4. The van der Waals surface area contributed by atoms with E-state index in [-0.39, 0.29) is 24.2 Å². The van der Waals surface area contributed by atoms with Gasteiger partial charge in [-0.2, -0.15) is 0 Å². The van der Waals surface area contributed by atoms with Crippen molar-refractivity contribution < 1.29 is 31.9 Å². The first-order valence-corrected chi connectivity index (χ1v) is 10.9. The van der Waals surface area contributed by atoms with Crippen LogP contribution in [0.2, 0.25) is 0 Å². The maximum absolute atomic E-state index is 15.1. The van der Waals surface area contributed by atoms with Crippen molar-refractivity contribution in [1.29, 1.82) is 0 Å². The number of fused-ring (bicyclic) bond motifs is 1. The normalized spacial score (nSPS) is 17.5. The highest BCUT2D eigenvalue weighted by molar-refractivity contribution is 5.94. The van der Waals surface area contributed by atoms with E-state index in [9.17, 15) is 18.4 Å². The molecule has 0 bridgehead atoms. The minimum Gasteiger partial charge on any atom is -0.453 e. The molecule has 0 saturated carbocycles. The molecule has 1 atom stereocenters. The van der Waals surface area contributed by atoms with Gasteiger partial charge in [0.05, 0.1) is 30.6 Å². The molecular weight excluding hydrogens is 468 g/mol. The van der Waals surface area contributed by atoms with Gasteiger partial charge in [0.1, 0.15) is 17.3 Å². The highest BCUT2D eigenvalue weighted by Gasteiger charge is 2.43. The zero-order chi connectivity index (χ0) is 25.5. The van der Waals surface area contributed by atoms with Crippen LogP contribution in [0.15, 0.2) is 30.5 Å². The van der Waals surface area contributed by atoms with Crippen LogP contribution in [0.5, 0.6) is 0 Å². The van der Waals surface area contributed by atoms with Crippen molar-refractivity contribution in [2.45, 2.75) is 25.7 Å². The third-order valence-corrected chi connectivity index (χ3v) is 6.05. The molecule has 3 aromatic rings. The first-order chi connectivity index (χ1) is 16.5. The number of rotatable bonds is 4. The SMILES string of the molecule is CNC(=O)c1cc(F)c(-c2nc3cc(C)ccn3c2C[C@@H]2CN(C(=O)OC)CC(F)(F)C2)c(F)c1. The highest BCUT2D eigenvalue weighted by atomic mass is 19.3. The van der Waals surface area contributed by atoms with Crippen LogP contribution in [-0.2, 0) is 11.2 Å². The Kier molecular flexibility index (Phi) is 6.44. The number of halogens is 4. The number of likely N-dealkylation sites (tertiary alicyclic amines) is 1. The Morgan fingerprint density at radius 1 is 1.23 bits per heavy atom. The van der Waals surface area contributed by atoms with Gasteiger partial charge < -0.3 is 19.4 Å². The van der Waals surface area contributed by atoms with E-state index in [0.29, 0.717) is 11.3 Å². The van der Waals surface area contributed by atoms with E-state index in [1.54, 1.807) is 22.7 Å². The number of amides is 2. The minimum atomic E-state index is -3.15. The summed E-state index contributed by atoms with van der Waals surface area (Å²) in [6.07, 6.45) is 0.244. The van der Waals surface area contributed by atoms with Crippen molar-refractivity contribution >= 4 is 17.6 Å². The van der Waals surface area contributed by atoms with Crippen molar-refractivity contribution in [2.24, 2.45) is 5.92 Å². The zero-order valence-corrected chi connectivity index (χ0v) is 19.4. The van der Waals surface area contributed by atoms with Gasteiger partial charge in [-0.05, 0) is 49.1 Å². The van der Waals surface area contributed by atoms with Crippen LogP contribution in [0.4, 0.5) is 22.4 Å². The van der Waals surface area contributed by atoms with Crippen LogP contribution in [0.25, 0.3) is 16.9 Å². The summed E-state index contributed by atoms with van der Waals surface area (Å²) in [5.41, 5.74) is 0.842. The Bertz CT molecular complexity index is 1280. The Hall–Kier alpha value is -3.63. The zero-order valence-electron chi connectivity index (χ0n) is 19.4. The van der Waals surface area contributed by atoms with Crippen LogP contribution < -0.4 is 5.32 Å². The molecule has 11 heteroatoms. The van der Waals surface area contributed by atoms with Crippen LogP contribution in [0.3, 0.4) is 0 Å². The van der Waals surface area contributed by atoms with Gasteiger partial charge in [0, 0.05) is 31.8 Å². The number of aromatic nitrogens is 2. The van der Waals surface area contributed by atoms with Crippen molar-refractivity contribution in [2.75, 3.05) is 27.2 Å². The topological polar surface area (TPSA) is 75.9 Å². The number of alkyl halides is 2. The molecular formula is C24H24F4N4O3. The minimum absolute atomic E-state index is 0.0125. The number of hydrogen-bond donors (Lipinski definition) is 1. The van der Waals surface area contributed by atoms with E-state index in [0.717, 1.165) is 29.7 Å². The summed E-state index contributed by atoms with van der Waals surface area (Å²) in [5, 5.41) is 2.31. The molecule has 1 fully saturated rings. The molecule has 1 aromatic carbocycles. The fourth-order valence-electron chi connectivity index (χ4n) is 4.55. The van der Waals surface area contributed by atoms with Gasteiger partial charge in [0.15, 0.2) is 0 Å². The van der Waals surface area contributed by atoms with Crippen LogP contribution >= 0.6 is 0 Å². The number of methoxy groups -OCH3 is 1. The molecule has 0 radical (unpaired) electrons. The second-order valence-corrected chi connectivity index (χ2v) is 8.71. The van der Waals surface area contributed by atoms with Gasteiger partial charge >= 0.3 is 6.09 Å². The van der Waals surface area contributed by atoms with Crippen molar-refractivity contribution in [1.82, 2.24) is 19.6 Å². The second-order valence-electron chi connectivity index (χ2n) is 8.71. The number of hydrogen-bond acceptors (Lipinski definition) is 4. The number of carbonyl (C=O) groups is 2. The predicted octanol–water partition coefficient (Wildman–Crippen LogP) is 4.21. The second kappa shape index (κ2) is 9.20. The number of carbonyl (C=O) groups excluding carboxylic acids is 2. The van der Waals surface area contributed by atoms with Crippen molar-refractivity contribution in [3.05, 3.63) is 58.9 Å². The average Bonchev–Trinajstić information content (AvgIpc) is 3.12. The first-order valence-electron chi connectivity index (χ1n) is 10.9. The maximum Gasteiger partial charge on any atom is 0.409 e.